The lowest BCUT2D eigenvalue weighted by molar-refractivity contribution is 0.694. The first-order chi connectivity index (χ1) is 12.3. The van der Waals surface area contributed by atoms with E-state index in [9.17, 15) is 0 Å². The van der Waals surface area contributed by atoms with Crippen molar-refractivity contribution in [1.29, 1.82) is 0 Å². The minimum Gasteiger partial charge on any atom is -0.352 e. The summed E-state index contributed by atoms with van der Waals surface area (Å²) in [7, 11) is 0. The van der Waals surface area contributed by atoms with Crippen LogP contribution >= 0.6 is 0 Å². The largest absolute Gasteiger partial charge is 0.352 e. The zero-order valence-corrected chi connectivity index (χ0v) is 14.0. The van der Waals surface area contributed by atoms with Gasteiger partial charge in [0.25, 0.3) is 0 Å². The third-order valence-corrected chi connectivity index (χ3v) is 4.72. The molecule has 124 valence electrons. The normalized spacial score (nSPS) is 14.0. The predicted octanol–water partition coefficient (Wildman–Crippen LogP) is 2.99. The fourth-order valence-corrected chi connectivity index (χ4v) is 3.47. The molecule has 1 aliphatic rings. The van der Waals surface area contributed by atoms with E-state index in [1.165, 1.54) is 11.3 Å². The van der Waals surface area contributed by atoms with Gasteiger partial charge in [0.15, 0.2) is 5.65 Å². The van der Waals surface area contributed by atoms with Gasteiger partial charge in [0.05, 0.1) is 17.6 Å². The lowest BCUT2D eigenvalue weighted by atomic mass is 10.1. The summed E-state index contributed by atoms with van der Waals surface area (Å²) >= 11 is 0. The van der Waals surface area contributed by atoms with Gasteiger partial charge in [-0.2, -0.15) is 14.7 Å². The first kappa shape index (κ1) is 14.2. The van der Waals surface area contributed by atoms with Crippen LogP contribution in [0.15, 0.2) is 48.7 Å². The molecule has 1 N–H and O–H groups in total. The monoisotopic (exact) mass is 330 g/mol. The molecule has 0 saturated heterocycles. The molecular weight excluding hydrogens is 312 g/mol. The van der Waals surface area contributed by atoms with Crippen LogP contribution in [0.2, 0.25) is 0 Å². The van der Waals surface area contributed by atoms with Crippen LogP contribution in [0.5, 0.6) is 0 Å². The summed E-state index contributed by atoms with van der Waals surface area (Å²) < 4.78 is 1.95. The molecule has 0 amide bonds. The van der Waals surface area contributed by atoms with E-state index in [0.717, 1.165) is 47.9 Å². The molecule has 0 aliphatic carbocycles. The quantitative estimate of drug-likeness (QED) is 0.614. The Morgan fingerprint density at radius 3 is 2.88 bits per heavy atom. The van der Waals surface area contributed by atoms with Crippen LogP contribution in [0.25, 0.3) is 16.9 Å². The van der Waals surface area contributed by atoms with Crippen LogP contribution in [0.4, 0.5) is 5.82 Å². The SMILES string of the molecule is Cc1cc2nc(-c3ccccc3)cc(N3CCc4[nH]ncc4C3)n2n1. The first-order valence-electron chi connectivity index (χ1n) is 8.47. The summed E-state index contributed by atoms with van der Waals surface area (Å²) in [6, 6.07) is 14.5. The van der Waals surface area contributed by atoms with Crippen molar-refractivity contribution >= 4 is 11.5 Å². The zero-order chi connectivity index (χ0) is 16.8. The summed E-state index contributed by atoms with van der Waals surface area (Å²) in [6.45, 7) is 3.77. The van der Waals surface area contributed by atoms with Gasteiger partial charge < -0.3 is 4.90 Å². The van der Waals surface area contributed by atoms with Crippen molar-refractivity contribution in [2.24, 2.45) is 0 Å². The molecule has 25 heavy (non-hydrogen) atoms. The molecule has 0 atom stereocenters. The van der Waals surface area contributed by atoms with E-state index in [-0.39, 0.29) is 0 Å². The molecule has 4 heterocycles. The summed E-state index contributed by atoms with van der Waals surface area (Å²) in [5.74, 6) is 1.07. The molecule has 3 aromatic heterocycles. The van der Waals surface area contributed by atoms with Crippen molar-refractivity contribution in [3.05, 3.63) is 65.6 Å². The topological polar surface area (TPSA) is 62.1 Å². The first-order valence-corrected chi connectivity index (χ1v) is 8.47. The molecule has 5 rings (SSSR count). The van der Waals surface area contributed by atoms with E-state index in [1.807, 2.05) is 41.9 Å². The molecule has 0 fully saturated rings. The smallest absolute Gasteiger partial charge is 0.158 e. The standard InChI is InChI=1S/C19H18N6/c1-13-9-18-21-17(14-5-3-2-4-6-14)10-19(25(18)23-13)24-8-7-16-15(12-24)11-20-22-16/h2-6,9-11H,7-8,12H2,1H3,(H,20,22). The molecule has 0 spiro atoms. The number of anilines is 1. The average Bonchev–Trinajstić information content (AvgIpc) is 3.26. The number of fused-ring (bicyclic) bond motifs is 2. The summed E-state index contributed by atoms with van der Waals surface area (Å²) in [5.41, 5.74) is 6.43. The lowest BCUT2D eigenvalue weighted by Crippen LogP contribution is -2.31. The highest BCUT2D eigenvalue weighted by Gasteiger charge is 2.21. The maximum atomic E-state index is 4.81. The molecule has 0 radical (unpaired) electrons. The zero-order valence-electron chi connectivity index (χ0n) is 14.0. The van der Waals surface area contributed by atoms with Crippen molar-refractivity contribution in [3.8, 4) is 11.3 Å². The van der Waals surface area contributed by atoms with Crippen molar-refractivity contribution in [3.63, 3.8) is 0 Å². The molecule has 0 saturated carbocycles. The molecule has 6 nitrogen and oxygen atoms in total. The Bertz CT molecular complexity index is 1050. The Kier molecular flexibility index (Phi) is 3.09. The number of aromatic amines is 1. The van der Waals surface area contributed by atoms with Crippen molar-refractivity contribution in [1.82, 2.24) is 24.8 Å². The minimum atomic E-state index is 0.831. The fraction of sp³-hybridized carbons (Fsp3) is 0.211. The number of nitrogens with one attached hydrogen (secondary N) is 1. The number of benzene rings is 1. The van der Waals surface area contributed by atoms with Gasteiger partial charge in [-0.3, -0.25) is 5.10 Å². The Morgan fingerprint density at radius 1 is 1.12 bits per heavy atom. The number of hydrogen-bond acceptors (Lipinski definition) is 4. The molecule has 4 aromatic rings. The number of aromatic nitrogens is 5. The van der Waals surface area contributed by atoms with Crippen LogP contribution in [-0.4, -0.2) is 31.3 Å². The van der Waals surface area contributed by atoms with E-state index in [0.29, 0.717) is 0 Å². The number of rotatable bonds is 2. The van der Waals surface area contributed by atoms with Crippen LogP contribution in [0.3, 0.4) is 0 Å². The van der Waals surface area contributed by atoms with E-state index in [4.69, 9.17) is 4.98 Å². The van der Waals surface area contributed by atoms with Gasteiger partial charge in [0.2, 0.25) is 0 Å². The number of H-pyrrole nitrogens is 1. The van der Waals surface area contributed by atoms with Crippen LogP contribution in [0.1, 0.15) is 17.0 Å². The Morgan fingerprint density at radius 2 is 2.00 bits per heavy atom. The number of aryl methyl sites for hydroxylation is 1. The number of nitrogens with zero attached hydrogens (tertiary/aromatic N) is 5. The molecule has 0 unspecified atom stereocenters. The molecule has 1 aliphatic heterocycles. The third-order valence-electron chi connectivity index (χ3n) is 4.72. The van der Waals surface area contributed by atoms with Gasteiger partial charge in [0.1, 0.15) is 5.82 Å². The van der Waals surface area contributed by atoms with Gasteiger partial charge >= 0.3 is 0 Å². The fourth-order valence-electron chi connectivity index (χ4n) is 3.47. The molecular formula is C19H18N6. The maximum absolute atomic E-state index is 4.81. The van der Waals surface area contributed by atoms with Crippen LogP contribution in [-0.2, 0) is 13.0 Å². The van der Waals surface area contributed by atoms with Crippen LogP contribution in [0, 0.1) is 6.92 Å². The third kappa shape index (κ3) is 2.38. The highest BCUT2D eigenvalue weighted by atomic mass is 15.4. The molecule has 0 bridgehead atoms. The van der Waals surface area contributed by atoms with E-state index in [1.54, 1.807) is 0 Å². The van der Waals surface area contributed by atoms with Crippen LogP contribution < -0.4 is 4.90 Å². The van der Waals surface area contributed by atoms with Crippen molar-refractivity contribution in [2.45, 2.75) is 19.9 Å². The molecule has 6 heteroatoms. The Balaban J connectivity index is 1.66. The average molecular weight is 330 g/mol. The van der Waals surface area contributed by atoms with Gasteiger partial charge in [-0.15, -0.1) is 0 Å². The van der Waals surface area contributed by atoms with Gasteiger partial charge in [-0.05, 0) is 6.92 Å². The second kappa shape index (κ2) is 5.44. The van der Waals surface area contributed by atoms with Gasteiger partial charge in [-0.1, -0.05) is 30.3 Å². The Hall–Kier alpha value is -3.15. The lowest BCUT2D eigenvalue weighted by Gasteiger charge is -2.29. The van der Waals surface area contributed by atoms with Crippen molar-refractivity contribution < 1.29 is 0 Å². The maximum Gasteiger partial charge on any atom is 0.158 e. The summed E-state index contributed by atoms with van der Waals surface area (Å²) in [5, 5.41) is 11.9. The van der Waals surface area contributed by atoms with Crippen molar-refractivity contribution in [2.75, 3.05) is 11.4 Å². The highest BCUT2D eigenvalue weighted by Crippen LogP contribution is 2.28. The second-order valence-corrected chi connectivity index (χ2v) is 6.47. The predicted molar refractivity (Wildman–Crippen MR) is 96.5 cm³/mol. The van der Waals surface area contributed by atoms with E-state index < -0.39 is 0 Å². The second-order valence-electron chi connectivity index (χ2n) is 6.47. The minimum absolute atomic E-state index is 0.831. The van der Waals surface area contributed by atoms with E-state index in [2.05, 4.69) is 38.4 Å². The highest BCUT2D eigenvalue weighted by molar-refractivity contribution is 5.67. The van der Waals surface area contributed by atoms with E-state index >= 15 is 0 Å². The summed E-state index contributed by atoms with van der Waals surface area (Å²) in [4.78, 5) is 7.16. The Labute approximate surface area is 145 Å². The van der Waals surface area contributed by atoms with Gasteiger partial charge in [-0.25, -0.2) is 4.98 Å². The number of hydrogen-bond donors (Lipinski definition) is 1. The molecule has 1 aromatic carbocycles. The summed E-state index contributed by atoms with van der Waals surface area (Å²) in [6.07, 6.45) is 2.88. The van der Waals surface area contributed by atoms with Gasteiger partial charge in [0, 0.05) is 48.5 Å².